The number of methoxy groups -OCH3 is 1. The smallest absolute Gasteiger partial charge is 0.0723 e. The molecule has 72 valence electrons. The van der Waals surface area contributed by atoms with E-state index in [1.54, 1.807) is 0 Å². The van der Waals surface area contributed by atoms with Crippen molar-refractivity contribution in [3.05, 3.63) is 0 Å². The van der Waals surface area contributed by atoms with Gasteiger partial charge in [0.15, 0.2) is 0 Å². The van der Waals surface area contributed by atoms with Crippen molar-refractivity contribution in [2.24, 2.45) is 5.92 Å². The summed E-state index contributed by atoms with van der Waals surface area (Å²) >= 11 is 0. The van der Waals surface area contributed by atoms with Gasteiger partial charge in [-0.2, -0.15) is 0 Å². The van der Waals surface area contributed by atoms with Gasteiger partial charge in [-0.3, -0.25) is 0 Å². The molecular weight excluding hydrogens is 150 g/mol. The van der Waals surface area contributed by atoms with E-state index in [-0.39, 0.29) is 0 Å². The highest BCUT2D eigenvalue weighted by atomic mass is 16.5. The third-order valence-corrected chi connectivity index (χ3v) is 2.94. The predicted molar refractivity (Wildman–Crippen MR) is 51.3 cm³/mol. The molecule has 3 atom stereocenters. The third-order valence-electron chi connectivity index (χ3n) is 2.94. The van der Waals surface area contributed by atoms with Crippen LogP contribution in [0.1, 0.15) is 26.7 Å². The van der Waals surface area contributed by atoms with E-state index in [1.807, 2.05) is 7.11 Å². The van der Waals surface area contributed by atoms with Crippen molar-refractivity contribution in [3.8, 4) is 0 Å². The molecule has 0 amide bonds. The summed E-state index contributed by atoms with van der Waals surface area (Å²) in [6, 6.07) is 0.648. The van der Waals surface area contributed by atoms with Crippen molar-refractivity contribution in [1.29, 1.82) is 0 Å². The zero-order chi connectivity index (χ0) is 9.14. The second-order valence-electron chi connectivity index (χ2n) is 4.03. The predicted octanol–water partition coefficient (Wildman–Crippen LogP) is 1.75. The van der Waals surface area contributed by atoms with E-state index in [1.165, 1.54) is 13.0 Å². The fraction of sp³-hybridized carbons (Fsp3) is 1.00. The van der Waals surface area contributed by atoms with Gasteiger partial charge >= 0.3 is 0 Å². The lowest BCUT2D eigenvalue weighted by atomic mass is 10.0. The Balaban J connectivity index is 2.50. The Bertz CT molecular complexity index is 134. The monoisotopic (exact) mass is 171 g/mol. The molecule has 1 rings (SSSR count). The Hall–Kier alpha value is -0.0800. The van der Waals surface area contributed by atoms with Gasteiger partial charge in [-0.05, 0) is 25.8 Å². The van der Waals surface area contributed by atoms with Gasteiger partial charge in [-0.25, -0.2) is 0 Å². The minimum Gasteiger partial charge on any atom is -0.380 e. The first-order chi connectivity index (χ1) is 5.69. The molecule has 12 heavy (non-hydrogen) atoms. The molecule has 0 spiro atoms. The zero-order valence-electron chi connectivity index (χ0n) is 8.71. The molecule has 0 aromatic carbocycles. The maximum Gasteiger partial charge on any atom is 0.0723 e. The third kappa shape index (κ3) is 1.99. The summed E-state index contributed by atoms with van der Waals surface area (Å²) in [5.41, 5.74) is 0. The maximum absolute atomic E-state index is 5.46. The number of hydrogen-bond acceptors (Lipinski definition) is 2. The van der Waals surface area contributed by atoms with E-state index in [4.69, 9.17) is 4.74 Å². The largest absolute Gasteiger partial charge is 0.380 e. The van der Waals surface area contributed by atoms with Crippen molar-refractivity contribution in [2.75, 3.05) is 20.7 Å². The fourth-order valence-electron chi connectivity index (χ4n) is 2.33. The lowest BCUT2D eigenvalue weighted by Gasteiger charge is -2.26. The van der Waals surface area contributed by atoms with E-state index < -0.39 is 0 Å². The van der Waals surface area contributed by atoms with Gasteiger partial charge in [0, 0.05) is 19.7 Å². The highest BCUT2D eigenvalue weighted by molar-refractivity contribution is 4.86. The van der Waals surface area contributed by atoms with E-state index >= 15 is 0 Å². The van der Waals surface area contributed by atoms with E-state index in [9.17, 15) is 0 Å². The van der Waals surface area contributed by atoms with Crippen LogP contribution in [0.5, 0.6) is 0 Å². The summed E-state index contributed by atoms with van der Waals surface area (Å²) in [4.78, 5) is 2.43. The molecule has 1 aliphatic rings. The standard InChI is InChI=1S/C10H21NO/c1-5-10(12-4)9-6-8(2)7-11(9)3/h8-10H,5-7H2,1-4H3. The Kier molecular flexibility index (Phi) is 3.53. The number of likely N-dealkylation sites (N-methyl/N-ethyl adjacent to an activating group) is 1. The van der Waals surface area contributed by atoms with Gasteiger partial charge in [0.05, 0.1) is 6.10 Å². The van der Waals surface area contributed by atoms with Crippen LogP contribution in [0.3, 0.4) is 0 Å². The van der Waals surface area contributed by atoms with Crippen LogP contribution in [-0.4, -0.2) is 37.7 Å². The lowest BCUT2D eigenvalue weighted by Crippen LogP contribution is -2.37. The van der Waals surface area contributed by atoms with Crippen LogP contribution >= 0.6 is 0 Å². The molecule has 1 saturated heterocycles. The summed E-state index contributed by atoms with van der Waals surface area (Å²) < 4.78 is 5.46. The van der Waals surface area contributed by atoms with Crippen LogP contribution < -0.4 is 0 Å². The molecule has 1 aliphatic heterocycles. The van der Waals surface area contributed by atoms with Crippen LogP contribution in [0.4, 0.5) is 0 Å². The Morgan fingerprint density at radius 2 is 2.25 bits per heavy atom. The molecule has 2 nitrogen and oxygen atoms in total. The molecule has 0 N–H and O–H groups in total. The molecule has 3 unspecified atom stereocenters. The first-order valence-electron chi connectivity index (χ1n) is 4.92. The van der Waals surface area contributed by atoms with Crippen molar-refractivity contribution >= 4 is 0 Å². The average molecular weight is 171 g/mol. The molecule has 0 radical (unpaired) electrons. The van der Waals surface area contributed by atoms with Crippen molar-refractivity contribution < 1.29 is 4.74 Å². The van der Waals surface area contributed by atoms with Gasteiger partial charge in [-0.15, -0.1) is 0 Å². The van der Waals surface area contributed by atoms with Crippen LogP contribution in [0.2, 0.25) is 0 Å². The molecule has 1 heterocycles. The first-order valence-corrected chi connectivity index (χ1v) is 4.92. The van der Waals surface area contributed by atoms with Gasteiger partial charge < -0.3 is 9.64 Å². The SMILES string of the molecule is CCC(OC)C1CC(C)CN1C. The number of rotatable bonds is 3. The molecular formula is C10H21NO. The molecule has 0 bridgehead atoms. The highest BCUT2D eigenvalue weighted by Gasteiger charge is 2.31. The maximum atomic E-state index is 5.46. The molecule has 0 aromatic heterocycles. The second-order valence-corrected chi connectivity index (χ2v) is 4.03. The Morgan fingerprint density at radius 3 is 2.58 bits per heavy atom. The van der Waals surface area contributed by atoms with Gasteiger partial charge in [0.2, 0.25) is 0 Å². The van der Waals surface area contributed by atoms with Crippen molar-refractivity contribution in [1.82, 2.24) is 4.90 Å². The molecule has 2 heteroatoms. The normalized spacial score (nSPS) is 34.0. The fourth-order valence-corrected chi connectivity index (χ4v) is 2.33. The van der Waals surface area contributed by atoms with Crippen LogP contribution in [0.15, 0.2) is 0 Å². The number of hydrogen-bond donors (Lipinski definition) is 0. The zero-order valence-corrected chi connectivity index (χ0v) is 8.71. The van der Waals surface area contributed by atoms with Gasteiger partial charge in [-0.1, -0.05) is 13.8 Å². The lowest BCUT2D eigenvalue weighted by molar-refractivity contribution is 0.0369. The minimum atomic E-state index is 0.431. The molecule has 1 fully saturated rings. The Morgan fingerprint density at radius 1 is 1.58 bits per heavy atom. The van der Waals surface area contributed by atoms with E-state index in [0.717, 1.165) is 12.3 Å². The van der Waals surface area contributed by atoms with Gasteiger partial charge in [0.25, 0.3) is 0 Å². The van der Waals surface area contributed by atoms with Crippen molar-refractivity contribution in [3.63, 3.8) is 0 Å². The summed E-state index contributed by atoms with van der Waals surface area (Å²) in [7, 11) is 4.03. The summed E-state index contributed by atoms with van der Waals surface area (Å²) in [6.45, 7) is 5.74. The first kappa shape index (κ1) is 10.0. The van der Waals surface area contributed by atoms with Gasteiger partial charge in [0.1, 0.15) is 0 Å². The second kappa shape index (κ2) is 4.24. The number of nitrogens with zero attached hydrogens (tertiary/aromatic N) is 1. The number of likely N-dealkylation sites (tertiary alicyclic amines) is 1. The van der Waals surface area contributed by atoms with Crippen LogP contribution in [-0.2, 0) is 4.74 Å². The molecule has 0 aliphatic carbocycles. The van der Waals surface area contributed by atoms with E-state index in [2.05, 4.69) is 25.8 Å². The Labute approximate surface area is 75.9 Å². The van der Waals surface area contributed by atoms with Crippen molar-refractivity contribution in [2.45, 2.75) is 38.8 Å². The highest BCUT2D eigenvalue weighted by Crippen LogP contribution is 2.25. The van der Waals surface area contributed by atoms with Crippen LogP contribution in [0, 0.1) is 5.92 Å². The van der Waals surface area contributed by atoms with E-state index in [0.29, 0.717) is 12.1 Å². The molecule has 0 aromatic rings. The van der Waals surface area contributed by atoms with Crippen LogP contribution in [0.25, 0.3) is 0 Å². The summed E-state index contributed by atoms with van der Waals surface area (Å²) in [5, 5.41) is 0. The topological polar surface area (TPSA) is 12.5 Å². The summed E-state index contributed by atoms with van der Waals surface area (Å²) in [5.74, 6) is 0.837. The average Bonchev–Trinajstić information content (AvgIpc) is 2.34. The quantitative estimate of drug-likeness (QED) is 0.641. The molecule has 0 saturated carbocycles. The minimum absolute atomic E-state index is 0.431. The number of ether oxygens (including phenoxy) is 1. The summed E-state index contributed by atoms with van der Waals surface area (Å²) in [6.07, 6.45) is 2.85.